The predicted molar refractivity (Wildman–Crippen MR) is 125 cm³/mol. The van der Waals surface area contributed by atoms with E-state index >= 15 is 0 Å². The van der Waals surface area contributed by atoms with Crippen molar-refractivity contribution in [2.75, 3.05) is 26.3 Å². The number of ether oxygens (including phenoxy) is 2. The van der Waals surface area contributed by atoms with Crippen LogP contribution in [0, 0.1) is 5.92 Å². The first-order valence-electron chi connectivity index (χ1n) is 11.0. The summed E-state index contributed by atoms with van der Waals surface area (Å²) in [4.78, 5) is 39.9. The molecule has 2 aromatic rings. The number of esters is 1. The van der Waals surface area contributed by atoms with E-state index in [2.05, 4.69) is 6.92 Å². The van der Waals surface area contributed by atoms with E-state index in [1.54, 1.807) is 17.9 Å². The molecule has 8 heteroatoms. The van der Waals surface area contributed by atoms with E-state index in [0.717, 1.165) is 24.2 Å². The van der Waals surface area contributed by atoms with Crippen molar-refractivity contribution in [1.82, 2.24) is 9.47 Å². The number of benzene rings is 1. The van der Waals surface area contributed by atoms with Gasteiger partial charge in [0.2, 0.25) is 5.91 Å². The standard InChI is InChI=1S/C24H30N2O5S/c1-4-30-19-8-6-18(7-9-19)14-20-24(29)26(22(32-20)15-23(28)31-5-2)16-21(27)25-12-10-17(3)11-13-25/h6-9,14-15,17H,4-5,10-13,16H2,1-3H3. The minimum atomic E-state index is -0.533. The highest BCUT2D eigenvalue weighted by molar-refractivity contribution is 7.07. The lowest BCUT2D eigenvalue weighted by Gasteiger charge is -2.30. The Morgan fingerprint density at radius 1 is 1.12 bits per heavy atom. The van der Waals surface area contributed by atoms with Crippen LogP contribution in [0.5, 0.6) is 5.75 Å². The minimum Gasteiger partial charge on any atom is -0.494 e. The molecule has 1 saturated heterocycles. The maximum Gasteiger partial charge on any atom is 0.333 e. The second kappa shape index (κ2) is 11.1. The van der Waals surface area contributed by atoms with Crippen LogP contribution in [0.25, 0.3) is 12.2 Å². The number of nitrogens with zero attached hydrogens (tertiary/aromatic N) is 2. The molecule has 0 spiro atoms. The summed E-state index contributed by atoms with van der Waals surface area (Å²) in [5.74, 6) is 0.717. The van der Waals surface area contributed by atoms with E-state index in [1.807, 2.05) is 31.2 Å². The molecule has 0 saturated carbocycles. The van der Waals surface area contributed by atoms with Gasteiger partial charge in [-0.25, -0.2) is 4.79 Å². The third-order valence-corrected chi connectivity index (χ3v) is 6.44. The molecular weight excluding hydrogens is 428 g/mol. The van der Waals surface area contributed by atoms with E-state index in [4.69, 9.17) is 9.47 Å². The molecule has 0 aliphatic carbocycles. The van der Waals surface area contributed by atoms with Gasteiger partial charge in [-0.15, -0.1) is 11.3 Å². The Kier molecular flexibility index (Phi) is 8.27. The van der Waals surface area contributed by atoms with Crippen molar-refractivity contribution >= 4 is 35.4 Å². The van der Waals surface area contributed by atoms with E-state index in [1.165, 1.54) is 22.0 Å². The molecule has 0 unspecified atom stereocenters. The number of carbonyl (C=O) groups excluding carboxylic acids is 2. The zero-order valence-electron chi connectivity index (χ0n) is 18.8. The Balaban J connectivity index is 1.95. The fourth-order valence-corrected chi connectivity index (χ4v) is 4.58. The zero-order chi connectivity index (χ0) is 23.1. The molecular formula is C24H30N2O5S. The van der Waals surface area contributed by atoms with Crippen molar-refractivity contribution in [2.45, 2.75) is 40.2 Å². The summed E-state index contributed by atoms with van der Waals surface area (Å²) in [5.41, 5.74) is 0.538. The summed E-state index contributed by atoms with van der Waals surface area (Å²) in [6.07, 6.45) is 4.97. The molecule has 1 amide bonds. The van der Waals surface area contributed by atoms with Crippen LogP contribution in [0.1, 0.15) is 39.2 Å². The van der Waals surface area contributed by atoms with Crippen LogP contribution >= 0.6 is 11.3 Å². The van der Waals surface area contributed by atoms with Crippen LogP contribution in [0.2, 0.25) is 0 Å². The number of thiazole rings is 1. The Morgan fingerprint density at radius 3 is 2.44 bits per heavy atom. The molecule has 1 aliphatic rings. The second-order valence-electron chi connectivity index (χ2n) is 7.80. The highest BCUT2D eigenvalue weighted by Gasteiger charge is 2.21. The maximum absolute atomic E-state index is 13.1. The van der Waals surface area contributed by atoms with E-state index in [9.17, 15) is 14.4 Å². The number of piperidine rings is 1. The Hall–Kier alpha value is -2.87. The van der Waals surface area contributed by atoms with Gasteiger partial charge in [0, 0.05) is 13.1 Å². The van der Waals surface area contributed by atoms with Gasteiger partial charge in [-0.2, -0.15) is 0 Å². The Labute approximate surface area is 191 Å². The molecule has 172 valence electrons. The van der Waals surface area contributed by atoms with Crippen molar-refractivity contribution < 1.29 is 19.1 Å². The quantitative estimate of drug-likeness (QED) is 0.591. The fraction of sp³-hybridized carbons (Fsp3) is 0.458. The second-order valence-corrected chi connectivity index (χ2v) is 8.86. The van der Waals surface area contributed by atoms with E-state index in [-0.39, 0.29) is 24.6 Å². The fourth-order valence-electron chi connectivity index (χ4n) is 3.55. The average molecular weight is 459 g/mol. The van der Waals surface area contributed by atoms with Crippen LogP contribution in [-0.4, -0.2) is 47.6 Å². The maximum atomic E-state index is 13.1. The van der Waals surface area contributed by atoms with Crippen LogP contribution < -0.4 is 19.5 Å². The molecule has 1 aromatic carbocycles. The van der Waals surface area contributed by atoms with Gasteiger partial charge in [0.05, 0.1) is 23.8 Å². The van der Waals surface area contributed by atoms with E-state index in [0.29, 0.717) is 34.8 Å². The number of rotatable bonds is 7. The number of hydrogen-bond donors (Lipinski definition) is 0. The summed E-state index contributed by atoms with van der Waals surface area (Å²) < 4.78 is 12.7. The number of hydrogen-bond acceptors (Lipinski definition) is 6. The largest absolute Gasteiger partial charge is 0.494 e. The summed E-state index contributed by atoms with van der Waals surface area (Å²) in [5, 5.41) is 0. The first kappa shape index (κ1) is 23.8. The predicted octanol–water partition coefficient (Wildman–Crippen LogP) is 1.74. The highest BCUT2D eigenvalue weighted by atomic mass is 32.1. The third-order valence-electron chi connectivity index (χ3n) is 5.38. The molecule has 7 nitrogen and oxygen atoms in total. The molecule has 0 radical (unpaired) electrons. The van der Waals surface area contributed by atoms with Crippen LogP contribution in [0.15, 0.2) is 29.1 Å². The molecule has 1 aromatic heterocycles. The van der Waals surface area contributed by atoms with Crippen molar-refractivity contribution in [3.05, 3.63) is 49.4 Å². The van der Waals surface area contributed by atoms with Crippen molar-refractivity contribution in [3.8, 4) is 5.75 Å². The smallest absolute Gasteiger partial charge is 0.333 e. The molecule has 0 bridgehead atoms. The van der Waals surface area contributed by atoms with E-state index < -0.39 is 5.97 Å². The van der Waals surface area contributed by atoms with Crippen LogP contribution in [0.3, 0.4) is 0 Å². The van der Waals surface area contributed by atoms with Gasteiger partial charge in [0.15, 0.2) is 0 Å². The topological polar surface area (TPSA) is 77.8 Å². The molecule has 0 atom stereocenters. The third kappa shape index (κ3) is 6.09. The molecule has 1 fully saturated rings. The van der Waals surface area contributed by atoms with Gasteiger partial charge in [-0.3, -0.25) is 14.2 Å². The lowest BCUT2D eigenvalue weighted by molar-refractivity contribution is -0.136. The molecule has 0 N–H and O–H groups in total. The molecule has 1 aliphatic heterocycles. The van der Waals surface area contributed by atoms with Crippen LogP contribution in [0.4, 0.5) is 0 Å². The number of aromatic nitrogens is 1. The first-order valence-corrected chi connectivity index (χ1v) is 11.8. The molecule has 3 rings (SSSR count). The number of amides is 1. The van der Waals surface area contributed by atoms with Crippen LogP contribution in [-0.2, 0) is 20.9 Å². The normalized spacial score (nSPS) is 15.8. The molecule has 32 heavy (non-hydrogen) atoms. The highest BCUT2D eigenvalue weighted by Crippen LogP contribution is 2.16. The summed E-state index contributed by atoms with van der Waals surface area (Å²) in [6.45, 7) is 7.94. The minimum absolute atomic E-state index is 0.0912. The van der Waals surface area contributed by atoms with Crippen molar-refractivity contribution in [3.63, 3.8) is 0 Å². The van der Waals surface area contributed by atoms with Gasteiger partial charge in [-0.05, 0) is 56.4 Å². The van der Waals surface area contributed by atoms with Crippen molar-refractivity contribution in [1.29, 1.82) is 0 Å². The van der Waals surface area contributed by atoms with Gasteiger partial charge >= 0.3 is 5.97 Å². The van der Waals surface area contributed by atoms with Gasteiger partial charge in [0.25, 0.3) is 5.56 Å². The molecule has 2 heterocycles. The number of likely N-dealkylation sites (tertiary alicyclic amines) is 1. The van der Waals surface area contributed by atoms with Gasteiger partial charge in [-0.1, -0.05) is 19.1 Å². The Morgan fingerprint density at radius 2 is 1.81 bits per heavy atom. The van der Waals surface area contributed by atoms with Gasteiger partial charge in [0.1, 0.15) is 17.0 Å². The number of carbonyl (C=O) groups is 2. The zero-order valence-corrected chi connectivity index (χ0v) is 19.7. The summed E-state index contributed by atoms with van der Waals surface area (Å²) >= 11 is 1.18. The summed E-state index contributed by atoms with van der Waals surface area (Å²) in [6, 6.07) is 7.41. The average Bonchev–Trinajstić information content (AvgIpc) is 3.04. The monoisotopic (exact) mass is 458 g/mol. The SMILES string of the molecule is CCOC(=O)C=c1sc(=Cc2ccc(OCC)cc2)c(=O)n1CC(=O)N1CCC(C)CC1. The van der Waals surface area contributed by atoms with Gasteiger partial charge < -0.3 is 14.4 Å². The van der Waals surface area contributed by atoms with Crippen molar-refractivity contribution in [2.24, 2.45) is 5.92 Å². The lowest BCUT2D eigenvalue weighted by Crippen LogP contribution is -2.43. The summed E-state index contributed by atoms with van der Waals surface area (Å²) in [7, 11) is 0. The Bertz CT molecular complexity index is 1110. The lowest BCUT2D eigenvalue weighted by atomic mass is 9.99. The first-order chi connectivity index (χ1) is 15.4.